The Hall–Kier alpha value is -1.29. The molecule has 1 aromatic carbocycles. The number of nitrogens with one attached hydrogen (secondary N) is 1. The van der Waals surface area contributed by atoms with Gasteiger partial charge in [-0.1, -0.05) is 22.5 Å². The molecule has 0 aliphatic carbocycles. The molecule has 1 N–H and O–H groups in total. The van der Waals surface area contributed by atoms with Gasteiger partial charge in [0.1, 0.15) is 5.75 Å². The molecular weight excluding hydrogens is 318 g/mol. The van der Waals surface area contributed by atoms with Crippen LogP contribution in [0.25, 0.3) is 5.57 Å². The van der Waals surface area contributed by atoms with Crippen molar-refractivity contribution in [2.45, 2.75) is 32.1 Å². The second-order valence-electron chi connectivity index (χ2n) is 4.96. The van der Waals surface area contributed by atoms with Crippen molar-refractivity contribution in [3.63, 3.8) is 0 Å². The third kappa shape index (κ3) is 4.10. The van der Waals surface area contributed by atoms with Gasteiger partial charge >= 0.3 is 0 Å². The molecule has 1 aliphatic rings. The van der Waals surface area contributed by atoms with Crippen molar-refractivity contribution < 1.29 is 9.53 Å². The lowest BCUT2D eigenvalue weighted by atomic mass is 10.00. The van der Waals surface area contributed by atoms with Crippen LogP contribution in [0.4, 0.5) is 5.69 Å². The first-order valence-corrected chi connectivity index (χ1v) is 8.13. The van der Waals surface area contributed by atoms with Crippen molar-refractivity contribution >= 4 is 33.1 Å². The molecule has 0 unspecified atom stereocenters. The summed E-state index contributed by atoms with van der Waals surface area (Å²) in [6.07, 6.45) is 4.38. The Balaban J connectivity index is 2.21. The maximum atomic E-state index is 11.8. The van der Waals surface area contributed by atoms with Crippen molar-refractivity contribution in [3.05, 3.63) is 30.3 Å². The van der Waals surface area contributed by atoms with Crippen molar-refractivity contribution in [2.24, 2.45) is 0 Å². The van der Waals surface area contributed by atoms with E-state index >= 15 is 0 Å². The van der Waals surface area contributed by atoms with Gasteiger partial charge in [-0.15, -0.1) is 0 Å². The zero-order valence-electron chi connectivity index (χ0n) is 11.6. The van der Waals surface area contributed by atoms with Crippen molar-refractivity contribution in [1.82, 2.24) is 0 Å². The molecule has 0 spiro atoms. The van der Waals surface area contributed by atoms with Crippen LogP contribution in [0.5, 0.6) is 5.75 Å². The van der Waals surface area contributed by atoms with E-state index in [0.717, 1.165) is 53.6 Å². The molecule has 1 heterocycles. The van der Waals surface area contributed by atoms with Crippen LogP contribution in [0, 0.1) is 0 Å². The molecule has 0 saturated carbocycles. The van der Waals surface area contributed by atoms with Crippen LogP contribution in [-0.2, 0) is 4.79 Å². The molecule has 0 fully saturated rings. The highest BCUT2D eigenvalue weighted by Gasteiger charge is 2.13. The lowest BCUT2D eigenvalue weighted by Crippen LogP contribution is -2.11. The molecule has 0 saturated heterocycles. The molecule has 1 amide bonds. The molecule has 4 heteroatoms. The number of fused-ring (bicyclic) bond motifs is 1. The zero-order chi connectivity index (χ0) is 14.4. The van der Waals surface area contributed by atoms with Gasteiger partial charge in [0.2, 0.25) is 5.91 Å². The van der Waals surface area contributed by atoms with E-state index in [4.69, 9.17) is 4.74 Å². The Morgan fingerprint density at radius 3 is 2.90 bits per heavy atom. The van der Waals surface area contributed by atoms with Crippen LogP contribution in [0.1, 0.15) is 37.7 Å². The van der Waals surface area contributed by atoms with Gasteiger partial charge in [0, 0.05) is 23.0 Å². The highest BCUT2D eigenvalue weighted by molar-refractivity contribution is 9.09. The highest BCUT2D eigenvalue weighted by atomic mass is 79.9. The van der Waals surface area contributed by atoms with E-state index in [0.29, 0.717) is 13.0 Å². The lowest BCUT2D eigenvalue weighted by Gasteiger charge is -2.14. The first kappa shape index (κ1) is 15.1. The van der Waals surface area contributed by atoms with Crippen LogP contribution < -0.4 is 10.1 Å². The summed E-state index contributed by atoms with van der Waals surface area (Å²) >= 11 is 3.39. The summed E-state index contributed by atoms with van der Waals surface area (Å²) in [5.41, 5.74) is 2.90. The molecular formula is C16H20BrNO2. The molecule has 108 valence electrons. The number of carbonyl (C=O) groups excluding carboxylic acids is 1. The van der Waals surface area contributed by atoms with Gasteiger partial charge in [0.25, 0.3) is 0 Å². The van der Waals surface area contributed by atoms with E-state index in [1.54, 1.807) is 0 Å². The van der Waals surface area contributed by atoms with Gasteiger partial charge in [0.05, 0.1) is 6.61 Å². The molecule has 2 rings (SSSR count). The molecule has 0 bridgehead atoms. The number of carbonyl (C=O) groups is 1. The minimum Gasteiger partial charge on any atom is -0.494 e. The fourth-order valence-corrected chi connectivity index (χ4v) is 2.46. The highest BCUT2D eigenvalue weighted by Crippen LogP contribution is 2.31. The first-order valence-electron chi connectivity index (χ1n) is 7.01. The van der Waals surface area contributed by atoms with Crippen molar-refractivity contribution in [2.75, 3.05) is 17.3 Å². The molecule has 0 radical (unpaired) electrons. The maximum absolute atomic E-state index is 11.8. The van der Waals surface area contributed by atoms with Gasteiger partial charge in [-0.3, -0.25) is 4.79 Å². The van der Waals surface area contributed by atoms with Gasteiger partial charge in [-0.25, -0.2) is 0 Å². The van der Waals surface area contributed by atoms with Gasteiger partial charge < -0.3 is 10.1 Å². The number of benzene rings is 1. The van der Waals surface area contributed by atoms with Crippen molar-refractivity contribution in [1.29, 1.82) is 0 Å². The second-order valence-corrected chi connectivity index (χ2v) is 5.75. The van der Waals surface area contributed by atoms with Crippen LogP contribution in [-0.4, -0.2) is 17.8 Å². The van der Waals surface area contributed by atoms with Gasteiger partial charge in [-0.05, 0) is 49.5 Å². The van der Waals surface area contributed by atoms with E-state index in [1.807, 2.05) is 18.2 Å². The quantitative estimate of drug-likeness (QED) is 0.654. The number of alkyl halides is 1. The average Bonchev–Trinajstić information content (AvgIpc) is 2.50. The monoisotopic (exact) mass is 337 g/mol. The Morgan fingerprint density at radius 1 is 1.30 bits per heavy atom. The molecule has 1 aliphatic heterocycles. The van der Waals surface area contributed by atoms with Gasteiger partial charge in [0.15, 0.2) is 0 Å². The Labute approximate surface area is 128 Å². The fourth-order valence-electron chi connectivity index (χ4n) is 2.23. The predicted molar refractivity (Wildman–Crippen MR) is 86.5 cm³/mol. The number of hydrogen-bond donors (Lipinski definition) is 1. The summed E-state index contributed by atoms with van der Waals surface area (Å²) < 4.78 is 5.71. The van der Waals surface area contributed by atoms with Crippen molar-refractivity contribution in [3.8, 4) is 5.75 Å². The first-order chi connectivity index (χ1) is 9.70. The van der Waals surface area contributed by atoms with Crippen LogP contribution in [0.2, 0.25) is 0 Å². The summed E-state index contributed by atoms with van der Waals surface area (Å²) in [7, 11) is 0. The Bertz CT molecular complexity index is 499. The van der Waals surface area contributed by atoms with E-state index in [9.17, 15) is 4.79 Å². The summed E-state index contributed by atoms with van der Waals surface area (Å²) in [6.45, 7) is 4.83. The topological polar surface area (TPSA) is 38.3 Å². The second kappa shape index (κ2) is 7.48. The third-order valence-corrected chi connectivity index (χ3v) is 3.89. The minimum absolute atomic E-state index is 0.0777. The third-order valence-electron chi connectivity index (χ3n) is 3.33. The van der Waals surface area contributed by atoms with Gasteiger partial charge in [-0.2, -0.15) is 0 Å². The molecule has 0 atom stereocenters. The Kier molecular flexibility index (Phi) is 5.65. The van der Waals surface area contributed by atoms with E-state index < -0.39 is 0 Å². The maximum Gasteiger partial charge on any atom is 0.224 e. The number of anilines is 1. The number of amides is 1. The number of rotatable bonds is 4. The largest absolute Gasteiger partial charge is 0.494 e. The smallest absolute Gasteiger partial charge is 0.224 e. The van der Waals surface area contributed by atoms with Crippen LogP contribution >= 0.6 is 15.9 Å². The molecule has 1 aromatic rings. The normalized spacial score (nSPS) is 15.7. The molecule has 3 nitrogen and oxygen atoms in total. The summed E-state index contributed by atoms with van der Waals surface area (Å²) in [5, 5.41) is 3.90. The number of allylic oxidation sites excluding steroid dienone is 1. The van der Waals surface area contributed by atoms with Crippen LogP contribution in [0.15, 0.2) is 24.8 Å². The fraction of sp³-hybridized carbons (Fsp3) is 0.438. The predicted octanol–water partition coefficient (Wildman–Crippen LogP) is 4.38. The van der Waals surface area contributed by atoms with E-state index in [1.165, 1.54) is 0 Å². The van der Waals surface area contributed by atoms with E-state index in [2.05, 4.69) is 27.8 Å². The lowest BCUT2D eigenvalue weighted by molar-refractivity contribution is -0.116. The summed E-state index contributed by atoms with van der Waals surface area (Å²) in [4.78, 5) is 11.8. The summed E-state index contributed by atoms with van der Waals surface area (Å²) in [5.74, 6) is 0.910. The minimum atomic E-state index is 0.0777. The zero-order valence-corrected chi connectivity index (χ0v) is 13.2. The average molecular weight is 338 g/mol. The number of hydrogen-bond acceptors (Lipinski definition) is 2. The number of ether oxygens (including phenoxy) is 1. The number of halogens is 1. The standard InChI is InChI=1S/C16H20BrNO2/c1-12-5-2-3-6-16(19)18-15-8-7-13(11-14(12)15)20-10-4-9-17/h7-8,11H,1-6,9-10H2,(H,18,19). The molecule has 0 aromatic heterocycles. The van der Waals surface area contributed by atoms with E-state index in [-0.39, 0.29) is 5.91 Å². The molecule has 20 heavy (non-hydrogen) atoms. The SMILES string of the molecule is C=C1CCCCC(=O)Nc2ccc(OCCCBr)cc21. The Morgan fingerprint density at radius 2 is 2.10 bits per heavy atom. The summed E-state index contributed by atoms with van der Waals surface area (Å²) in [6, 6.07) is 5.79. The van der Waals surface area contributed by atoms with Crippen LogP contribution in [0.3, 0.4) is 0 Å².